The first-order chi connectivity index (χ1) is 9.65. The van der Waals surface area contributed by atoms with Crippen LogP contribution in [0.5, 0.6) is 0 Å². The van der Waals surface area contributed by atoms with Crippen molar-refractivity contribution in [3.63, 3.8) is 0 Å². The molecule has 1 heterocycles. The summed E-state index contributed by atoms with van der Waals surface area (Å²) in [6, 6.07) is 5.36. The van der Waals surface area contributed by atoms with Crippen LogP contribution in [0.3, 0.4) is 0 Å². The number of carbonyl (C=O) groups excluding carboxylic acids is 1. The summed E-state index contributed by atoms with van der Waals surface area (Å²) in [7, 11) is 0. The van der Waals surface area contributed by atoms with Gasteiger partial charge in [0, 0.05) is 37.0 Å². The van der Waals surface area contributed by atoms with Crippen molar-refractivity contribution in [2.45, 2.75) is 19.8 Å². The highest BCUT2D eigenvalue weighted by Crippen LogP contribution is 2.25. The normalized spacial score (nSPS) is 16.2. The van der Waals surface area contributed by atoms with Crippen molar-refractivity contribution in [3.05, 3.63) is 28.8 Å². The molecule has 110 valence electrons. The highest BCUT2D eigenvalue weighted by atomic mass is 35.5. The summed E-state index contributed by atoms with van der Waals surface area (Å²) in [6.45, 7) is 4.36. The molecule has 20 heavy (non-hydrogen) atoms. The van der Waals surface area contributed by atoms with Crippen molar-refractivity contribution < 1.29 is 9.90 Å². The number of hydrogen-bond acceptors (Lipinski definition) is 3. The molecule has 0 aliphatic carbocycles. The van der Waals surface area contributed by atoms with E-state index in [1.165, 1.54) is 0 Å². The molecule has 0 unspecified atom stereocenters. The van der Waals surface area contributed by atoms with E-state index >= 15 is 0 Å². The Hall–Kier alpha value is -1.26. The predicted octanol–water partition coefficient (Wildman–Crippen LogP) is 2.62. The van der Waals surface area contributed by atoms with Crippen LogP contribution in [0.25, 0.3) is 0 Å². The number of nitrogens with zero attached hydrogens (tertiary/aromatic N) is 1. The van der Waals surface area contributed by atoms with Gasteiger partial charge >= 0.3 is 0 Å². The van der Waals surface area contributed by atoms with E-state index in [1.807, 2.05) is 17.9 Å². The van der Waals surface area contributed by atoms with Crippen LogP contribution in [-0.4, -0.2) is 42.2 Å². The van der Waals surface area contributed by atoms with Gasteiger partial charge in [0.1, 0.15) is 0 Å². The molecule has 2 rings (SSSR count). The zero-order chi connectivity index (χ0) is 14.5. The zero-order valence-electron chi connectivity index (χ0n) is 11.7. The average molecular weight is 297 g/mol. The molecule has 0 aromatic heterocycles. The highest BCUT2D eigenvalue weighted by molar-refractivity contribution is 6.31. The van der Waals surface area contributed by atoms with Crippen molar-refractivity contribution in [1.82, 2.24) is 4.90 Å². The first kappa shape index (κ1) is 15.1. The minimum Gasteiger partial charge on any atom is -0.396 e. The molecule has 2 N–H and O–H groups in total. The molecular formula is C15H21ClN2O2. The van der Waals surface area contributed by atoms with Crippen LogP contribution in [0.2, 0.25) is 5.02 Å². The second-order valence-electron chi connectivity index (χ2n) is 5.14. The van der Waals surface area contributed by atoms with Crippen molar-refractivity contribution in [3.8, 4) is 0 Å². The van der Waals surface area contributed by atoms with Gasteiger partial charge in [-0.15, -0.1) is 0 Å². The number of hydrogen-bond donors (Lipinski definition) is 2. The Morgan fingerprint density at radius 1 is 1.45 bits per heavy atom. The van der Waals surface area contributed by atoms with Gasteiger partial charge in [0.25, 0.3) is 5.91 Å². The molecule has 0 radical (unpaired) electrons. The lowest BCUT2D eigenvalue weighted by Crippen LogP contribution is -2.39. The fourth-order valence-electron chi connectivity index (χ4n) is 2.53. The van der Waals surface area contributed by atoms with E-state index in [9.17, 15) is 4.79 Å². The summed E-state index contributed by atoms with van der Waals surface area (Å²) < 4.78 is 0. The largest absolute Gasteiger partial charge is 0.396 e. The SMILES string of the molecule is CCNc1ccc(Cl)cc1C(=O)N1CCC(CO)CC1. The molecule has 1 saturated heterocycles. The van der Waals surface area contributed by atoms with Crippen LogP contribution in [0.4, 0.5) is 5.69 Å². The second kappa shape index (κ2) is 6.95. The Balaban J connectivity index is 2.14. The van der Waals surface area contributed by atoms with Crippen LogP contribution in [-0.2, 0) is 0 Å². The number of carbonyl (C=O) groups is 1. The van der Waals surface area contributed by atoms with Crippen LogP contribution in [0, 0.1) is 5.92 Å². The van der Waals surface area contributed by atoms with E-state index in [0.717, 1.165) is 25.1 Å². The van der Waals surface area contributed by atoms with E-state index in [2.05, 4.69) is 5.32 Å². The smallest absolute Gasteiger partial charge is 0.256 e. The van der Waals surface area contributed by atoms with E-state index in [-0.39, 0.29) is 12.5 Å². The number of amides is 1. The van der Waals surface area contributed by atoms with E-state index in [4.69, 9.17) is 16.7 Å². The molecule has 1 aromatic rings. The van der Waals surface area contributed by atoms with Crippen molar-refractivity contribution in [2.75, 3.05) is 31.6 Å². The lowest BCUT2D eigenvalue weighted by atomic mass is 9.97. The van der Waals surface area contributed by atoms with E-state index in [1.54, 1.807) is 12.1 Å². The molecule has 4 nitrogen and oxygen atoms in total. The van der Waals surface area contributed by atoms with Gasteiger partial charge in [0.2, 0.25) is 0 Å². The Bertz CT molecular complexity index is 471. The molecule has 1 aliphatic rings. The fraction of sp³-hybridized carbons (Fsp3) is 0.533. The number of likely N-dealkylation sites (tertiary alicyclic amines) is 1. The van der Waals surface area contributed by atoms with Gasteiger partial charge in [0.15, 0.2) is 0 Å². The standard InChI is InChI=1S/C15H21ClN2O2/c1-2-17-14-4-3-12(16)9-13(14)15(20)18-7-5-11(10-19)6-8-18/h3-4,9,11,17,19H,2,5-8,10H2,1H3. The summed E-state index contributed by atoms with van der Waals surface area (Å²) in [5.41, 5.74) is 1.45. The number of nitrogens with one attached hydrogen (secondary N) is 1. The van der Waals surface area contributed by atoms with Crippen LogP contribution in [0.15, 0.2) is 18.2 Å². The van der Waals surface area contributed by atoms with E-state index < -0.39 is 0 Å². The lowest BCUT2D eigenvalue weighted by molar-refractivity contribution is 0.0652. The number of anilines is 1. The summed E-state index contributed by atoms with van der Waals surface area (Å²) >= 11 is 6.01. The Kier molecular flexibility index (Phi) is 5.26. The number of aliphatic hydroxyl groups is 1. The number of rotatable bonds is 4. The number of aliphatic hydroxyl groups excluding tert-OH is 1. The summed E-state index contributed by atoms with van der Waals surface area (Å²) in [5, 5.41) is 12.9. The van der Waals surface area contributed by atoms with Gasteiger partial charge < -0.3 is 15.3 Å². The first-order valence-electron chi connectivity index (χ1n) is 7.09. The molecule has 0 atom stereocenters. The Labute approximate surface area is 124 Å². The molecule has 1 aromatic carbocycles. The minimum atomic E-state index is 0.0137. The predicted molar refractivity (Wildman–Crippen MR) is 81.3 cm³/mol. The van der Waals surface area contributed by atoms with Gasteiger partial charge in [-0.05, 0) is 43.9 Å². The average Bonchev–Trinajstić information content (AvgIpc) is 2.48. The third-order valence-electron chi connectivity index (χ3n) is 3.74. The molecule has 0 saturated carbocycles. The van der Waals surface area contributed by atoms with Crippen LogP contribution in [0.1, 0.15) is 30.1 Å². The second-order valence-corrected chi connectivity index (χ2v) is 5.57. The van der Waals surface area contributed by atoms with Gasteiger partial charge in [-0.1, -0.05) is 11.6 Å². The molecule has 1 fully saturated rings. The maximum Gasteiger partial charge on any atom is 0.256 e. The summed E-state index contributed by atoms with van der Waals surface area (Å²) in [6.07, 6.45) is 1.72. The third kappa shape index (κ3) is 3.44. The van der Waals surface area contributed by atoms with Crippen molar-refractivity contribution in [2.24, 2.45) is 5.92 Å². The minimum absolute atomic E-state index is 0.0137. The molecular weight excluding hydrogens is 276 g/mol. The highest BCUT2D eigenvalue weighted by Gasteiger charge is 2.24. The Morgan fingerprint density at radius 3 is 2.75 bits per heavy atom. The number of piperidine rings is 1. The van der Waals surface area contributed by atoms with Gasteiger partial charge in [0.05, 0.1) is 5.56 Å². The monoisotopic (exact) mass is 296 g/mol. The fourth-order valence-corrected chi connectivity index (χ4v) is 2.70. The van der Waals surface area contributed by atoms with Crippen molar-refractivity contribution in [1.29, 1.82) is 0 Å². The number of halogens is 1. The third-order valence-corrected chi connectivity index (χ3v) is 3.97. The lowest BCUT2D eigenvalue weighted by Gasteiger charge is -2.31. The zero-order valence-corrected chi connectivity index (χ0v) is 12.5. The maximum absolute atomic E-state index is 12.6. The molecule has 0 spiro atoms. The van der Waals surface area contributed by atoms with Gasteiger partial charge in [-0.25, -0.2) is 0 Å². The first-order valence-corrected chi connectivity index (χ1v) is 7.47. The van der Waals surface area contributed by atoms with Gasteiger partial charge in [-0.2, -0.15) is 0 Å². The molecule has 1 amide bonds. The quantitative estimate of drug-likeness (QED) is 0.898. The summed E-state index contributed by atoms with van der Waals surface area (Å²) in [4.78, 5) is 14.5. The van der Waals surface area contributed by atoms with Crippen LogP contribution >= 0.6 is 11.6 Å². The van der Waals surface area contributed by atoms with Gasteiger partial charge in [-0.3, -0.25) is 4.79 Å². The molecule has 5 heteroatoms. The topological polar surface area (TPSA) is 52.6 Å². The van der Waals surface area contributed by atoms with Crippen molar-refractivity contribution >= 4 is 23.2 Å². The number of benzene rings is 1. The Morgan fingerprint density at radius 2 is 2.15 bits per heavy atom. The van der Waals surface area contributed by atoms with Crippen LogP contribution < -0.4 is 5.32 Å². The van der Waals surface area contributed by atoms with E-state index in [0.29, 0.717) is 29.6 Å². The summed E-state index contributed by atoms with van der Waals surface area (Å²) in [5.74, 6) is 0.339. The maximum atomic E-state index is 12.6. The molecule has 0 bridgehead atoms. The molecule has 1 aliphatic heterocycles.